The van der Waals surface area contributed by atoms with Crippen molar-refractivity contribution in [2.24, 2.45) is 5.92 Å². The van der Waals surface area contributed by atoms with Gasteiger partial charge in [-0.25, -0.2) is 17.2 Å². The van der Waals surface area contributed by atoms with Crippen molar-refractivity contribution < 1.29 is 31.8 Å². The van der Waals surface area contributed by atoms with Crippen molar-refractivity contribution in [3.63, 3.8) is 0 Å². The van der Waals surface area contributed by atoms with Gasteiger partial charge in [0.1, 0.15) is 28.9 Å². The number of carbonyl (C=O) groups is 1. The molecule has 1 heterocycles. The molecule has 1 aliphatic rings. The molecule has 0 spiro atoms. The molecule has 0 atom stereocenters. The Balaban J connectivity index is 1.94. The van der Waals surface area contributed by atoms with E-state index in [4.69, 9.17) is 16.3 Å². The first-order chi connectivity index (χ1) is 17.0. The number of halogens is 3. The molecule has 3 aromatic carbocycles. The van der Waals surface area contributed by atoms with E-state index in [-0.39, 0.29) is 46.5 Å². The zero-order valence-electron chi connectivity index (χ0n) is 19.4. The minimum Gasteiger partial charge on any atom is -0.505 e. The lowest BCUT2D eigenvalue weighted by molar-refractivity contribution is 0.0708. The number of fused-ring (bicyclic) bond motifs is 6. The number of nitrogens with one attached hydrogen (secondary N) is 1. The second-order valence-corrected chi connectivity index (χ2v) is 10.8. The van der Waals surface area contributed by atoms with Gasteiger partial charge in [0.2, 0.25) is 0 Å². The molecule has 0 fully saturated rings. The van der Waals surface area contributed by atoms with Crippen LogP contribution in [0.1, 0.15) is 24.2 Å². The number of amides is 1. The van der Waals surface area contributed by atoms with Gasteiger partial charge in [-0.3, -0.25) is 9.52 Å². The SMILES string of the molecule is CC(C)CN1CCOc2ccccc2-c2cc(c(F)cc2F)NS(=O)(=O)c2cc(cc(Cl)c2O)C1=O. The Morgan fingerprint density at radius 3 is 2.56 bits per heavy atom. The largest absolute Gasteiger partial charge is 0.505 e. The highest BCUT2D eigenvalue weighted by Crippen LogP contribution is 2.37. The summed E-state index contributed by atoms with van der Waals surface area (Å²) in [5.74, 6) is -3.11. The fraction of sp³-hybridized carbons (Fsp3) is 0.240. The van der Waals surface area contributed by atoms with Gasteiger partial charge >= 0.3 is 0 Å². The van der Waals surface area contributed by atoms with E-state index in [2.05, 4.69) is 0 Å². The number of para-hydroxylation sites is 1. The third kappa shape index (κ3) is 5.10. The highest BCUT2D eigenvalue weighted by atomic mass is 35.5. The molecule has 4 rings (SSSR count). The van der Waals surface area contributed by atoms with Crippen LogP contribution >= 0.6 is 11.6 Å². The molecule has 1 aliphatic heterocycles. The average molecular weight is 537 g/mol. The highest BCUT2D eigenvalue weighted by molar-refractivity contribution is 7.92. The van der Waals surface area contributed by atoms with Crippen molar-refractivity contribution in [3.05, 3.63) is 70.8 Å². The third-order valence-electron chi connectivity index (χ3n) is 5.53. The second-order valence-electron chi connectivity index (χ2n) is 8.71. The number of aromatic hydroxyl groups is 1. The molecule has 0 aromatic heterocycles. The maximum absolute atomic E-state index is 14.8. The predicted octanol–water partition coefficient (Wildman–Crippen LogP) is 5.28. The molecule has 11 heteroatoms. The van der Waals surface area contributed by atoms with Crippen molar-refractivity contribution >= 4 is 33.2 Å². The third-order valence-corrected chi connectivity index (χ3v) is 7.20. The molecule has 7 nitrogen and oxygen atoms in total. The molecule has 1 amide bonds. The normalized spacial score (nSPS) is 15.4. The van der Waals surface area contributed by atoms with Crippen LogP contribution in [0.3, 0.4) is 0 Å². The van der Waals surface area contributed by atoms with E-state index >= 15 is 0 Å². The fourth-order valence-corrected chi connectivity index (χ4v) is 5.39. The lowest BCUT2D eigenvalue weighted by Gasteiger charge is -2.25. The van der Waals surface area contributed by atoms with Crippen LogP contribution in [0, 0.1) is 17.6 Å². The van der Waals surface area contributed by atoms with E-state index in [1.165, 1.54) is 4.90 Å². The Morgan fingerprint density at radius 1 is 1.11 bits per heavy atom. The summed E-state index contributed by atoms with van der Waals surface area (Å²) in [4.78, 5) is 14.1. The summed E-state index contributed by atoms with van der Waals surface area (Å²) >= 11 is 6.07. The first-order valence-electron chi connectivity index (χ1n) is 11.0. The van der Waals surface area contributed by atoms with Gasteiger partial charge in [0.15, 0.2) is 5.75 Å². The molecular weight excluding hydrogens is 514 g/mol. The number of phenolic OH excluding ortho intramolecular Hbond substituents is 1. The van der Waals surface area contributed by atoms with Gasteiger partial charge in [-0.2, -0.15) is 0 Å². The summed E-state index contributed by atoms with van der Waals surface area (Å²) in [5.41, 5.74) is -0.497. The molecule has 0 unspecified atom stereocenters. The van der Waals surface area contributed by atoms with E-state index in [0.717, 1.165) is 18.2 Å². The zero-order valence-corrected chi connectivity index (χ0v) is 21.0. The molecule has 0 saturated carbocycles. The van der Waals surface area contributed by atoms with Crippen LogP contribution in [0.4, 0.5) is 14.5 Å². The monoisotopic (exact) mass is 536 g/mol. The average Bonchev–Trinajstić information content (AvgIpc) is 2.81. The molecule has 0 radical (unpaired) electrons. The quantitative estimate of drug-likeness (QED) is 0.464. The molecular formula is C25H23ClF2N2O5S. The van der Waals surface area contributed by atoms with Gasteiger partial charge in [0.05, 0.1) is 17.3 Å². The summed E-state index contributed by atoms with van der Waals surface area (Å²) in [6.45, 7) is 4.31. The lowest BCUT2D eigenvalue weighted by Crippen LogP contribution is -2.37. The van der Waals surface area contributed by atoms with Crippen molar-refractivity contribution in [1.82, 2.24) is 4.90 Å². The first kappa shape index (κ1) is 25.7. The van der Waals surface area contributed by atoms with Crippen LogP contribution in [-0.4, -0.2) is 44.0 Å². The molecule has 2 N–H and O–H groups in total. The maximum atomic E-state index is 14.8. The highest BCUT2D eigenvalue weighted by Gasteiger charge is 2.28. The molecule has 190 valence electrons. The Kier molecular flexibility index (Phi) is 7.10. The predicted molar refractivity (Wildman–Crippen MR) is 132 cm³/mol. The Hall–Kier alpha value is -3.37. The van der Waals surface area contributed by atoms with Gasteiger partial charge in [0, 0.05) is 29.3 Å². The number of hydrogen-bond donors (Lipinski definition) is 2. The Bertz CT molecular complexity index is 1450. The van der Waals surface area contributed by atoms with Crippen LogP contribution in [0.5, 0.6) is 11.5 Å². The molecule has 0 saturated heterocycles. The fourth-order valence-electron chi connectivity index (χ4n) is 3.92. The molecule has 3 aromatic rings. The summed E-state index contributed by atoms with van der Waals surface area (Å²) in [6, 6.07) is 10.1. The minimum absolute atomic E-state index is 0.0420. The van der Waals surface area contributed by atoms with Gasteiger partial charge in [-0.05, 0) is 30.2 Å². The van der Waals surface area contributed by atoms with Crippen molar-refractivity contribution in [3.8, 4) is 22.6 Å². The summed E-state index contributed by atoms with van der Waals surface area (Å²) in [6.07, 6.45) is 0. The van der Waals surface area contributed by atoms with Crippen molar-refractivity contribution in [2.45, 2.75) is 18.7 Å². The van der Waals surface area contributed by atoms with E-state index in [1.54, 1.807) is 24.3 Å². The van der Waals surface area contributed by atoms with E-state index < -0.39 is 43.9 Å². The molecule has 36 heavy (non-hydrogen) atoms. The van der Waals surface area contributed by atoms with Crippen LogP contribution in [0.2, 0.25) is 5.02 Å². The topological polar surface area (TPSA) is 95.9 Å². The summed E-state index contributed by atoms with van der Waals surface area (Å²) in [7, 11) is -4.66. The number of carbonyl (C=O) groups excluding carboxylic acids is 1. The number of ether oxygens (including phenoxy) is 1. The van der Waals surface area contributed by atoms with Gasteiger partial charge in [-0.15, -0.1) is 0 Å². The first-order valence-corrected chi connectivity index (χ1v) is 12.9. The number of sulfonamides is 1. The number of hydrogen-bond acceptors (Lipinski definition) is 5. The van der Waals surface area contributed by atoms with Gasteiger partial charge in [0.25, 0.3) is 15.9 Å². The van der Waals surface area contributed by atoms with Crippen molar-refractivity contribution in [1.29, 1.82) is 0 Å². The Labute approximate surface area is 212 Å². The second kappa shape index (κ2) is 9.94. The number of benzene rings is 3. The molecule has 4 bridgehead atoms. The number of nitrogens with zero attached hydrogens (tertiary/aromatic N) is 1. The van der Waals surface area contributed by atoms with Crippen LogP contribution in [0.15, 0.2) is 53.4 Å². The number of phenols is 1. The van der Waals surface area contributed by atoms with E-state index in [1.807, 2.05) is 18.6 Å². The van der Waals surface area contributed by atoms with E-state index in [0.29, 0.717) is 12.6 Å². The van der Waals surface area contributed by atoms with Gasteiger partial charge < -0.3 is 14.7 Å². The number of anilines is 1. The summed E-state index contributed by atoms with van der Waals surface area (Å²) in [5, 5.41) is 10.0. The van der Waals surface area contributed by atoms with Gasteiger partial charge in [-0.1, -0.05) is 43.6 Å². The Morgan fingerprint density at radius 2 is 1.83 bits per heavy atom. The minimum atomic E-state index is -4.66. The smallest absolute Gasteiger partial charge is 0.265 e. The zero-order chi connectivity index (χ0) is 26.2. The van der Waals surface area contributed by atoms with Crippen LogP contribution in [0.25, 0.3) is 11.1 Å². The van der Waals surface area contributed by atoms with Crippen LogP contribution in [-0.2, 0) is 10.0 Å². The standard InChI is InChI=1S/C25H23ClF2N2O5S/c1-14(2)13-30-7-8-35-22-6-4-3-5-16(22)17-11-21(20(28)12-19(17)27)29-36(33,34)23-10-15(25(30)32)9-18(26)24(23)31/h3-6,9-12,14,29,31H,7-8,13H2,1-2H3. The van der Waals surface area contributed by atoms with Crippen LogP contribution < -0.4 is 9.46 Å². The van der Waals surface area contributed by atoms with Crippen molar-refractivity contribution in [2.75, 3.05) is 24.4 Å². The number of rotatable bonds is 2. The molecule has 0 aliphatic carbocycles. The summed E-state index contributed by atoms with van der Waals surface area (Å²) < 4.78 is 63.8. The maximum Gasteiger partial charge on any atom is 0.265 e. The lowest BCUT2D eigenvalue weighted by atomic mass is 10.0. The van der Waals surface area contributed by atoms with E-state index in [9.17, 15) is 27.1 Å².